The number of rotatable bonds is 2. The largest absolute Gasteiger partial charge is 0.396 e. The first-order valence-electron chi connectivity index (χ1n) is 2.86. The molecule has 0 amide bonds. The first kappa shape index (κ1) is 5.06. The molecule has 1 aliphatic rings. The zero-order chi connectivity index (χ0) is 5.11. The Labute approximate surface area is 43.5 Å². The van der Waals surface area contributed by atoms with E-state index in [2.05, 4.69) is 5.32 Å². The molecule has 0 radical (unpaired) electrons. The third-order valence-corrected chi connectivity index (χ3v) is 1.54. The number of aliphatic hydroxyl groups is 1. The molecule has 0 unspecified atom stereocenters. The van der Waals surface area contributed by atoms with Gasteiger partial charge in [0.2, 0.25) is 0 Å². The third-order valence-electron chi connectivity index (χ3n) is 1.54. The minimum atomic E-state index is 0.374. The summed E-state index contributed by atoms with van der Waals surface area (Å²) in [5.74, 6) is 0.824. The second-order valence-corrected chi connectivity index (χ2v) is 2.14. The second kappa shape index (κ2) is 2.28. The molecule has 3 N–H and O–H groups in total. The summed E-state index contributed by atoms with van der Waals surface area (Å²) in [6, 6.07) is 0. The molecule has 0 aromatic carbocycles. The maximum absolute atomic E-state index is 8.39. The van der Waals surface area contributed by atoms with Crippen LogP contribution in [0.25, 0.3) is 0 Å². The van der Waals surface area contributed by atoms with Crippen molar-refractivity contribution in [2.24, 2.45) is 5.92 Å². The van der Waals surface area contributed by atoms with Gasteiger partial charge in [-0.2, -0.15) is 0 Å². The second-order valence-electron chi connectivity index (χ2n) is 2.14. The Bertz CT molecular complexity index is 52.0. The van der Waals surface area contributed by atoms with Crippen molar-refractivity contribution in [1.82, 2.24) is 0 Å². The van der Waals surface area contributed by atoms with E-state index in [0.717, 1.165) is 12.3 Å². The highest BCUT2D eigenvalue weighted by molar-refractivity contribution is 4.58. The van der Waals surface area contributed by atoms with Crippen molar-refractivity contribution in [2.75, 3.05) is 19.7 Å². The Hall–Kier alpha value is -0.0800. The zero-order valence-electron chi connectivity index (χ0n) is 4.43. The maximum atomic E-state index is 8.39. The van der Waals surface area contributed by atoms with E-state index in [1.54, 1.807) is 0 Å². The number of hydrogen-bond donors (Lipinski definition) is 2. The van der Waals surface area contributed by atoms with Crippen molar-refractivity contribution < 1.29 is 10.4 Å². The van der Waals surface area contributed by atoms with Crippen LogP contribution in [0.5, 0.6) is 0 Å². The minimum absolute atomic E-state index is 0.374. The Morgan fingerprint density at radius 1 is 1.57 bits per heavy atom. The van der Waals surface area contributed by atoms with Crippen LogP contribution in [-0.2, 0) is 0 Å². The summed E-state index contributed by atoms with van der Waals surface area (Å²) < 4.78 is 0. The van der Waals surface area contributed by atoms with E-state index < -0.39 is 0 Å². The average Bonchev–Trinajstić information content (AvgIpc) is 1.55. The van der Waals surface area contributed by atoms with Crippen LogP contribution in [0, 0.1) is 5.92 Å². The van der Waals surface area contributed by atoms with Crippen LogP contribution >= 0.6 is 0 Å². The monoisotopic (exact) mass is 102 g/mol. The predicted octanol–water partition coefficient (Wildman–Crippen LogP) is -1.44. The van der Waals surface area contributed by atoms with Crippen LogP contribution in [0.15, 0.2) is 0 Å². The first-order valence-corrected chi connectivity index (χ1v) is 2.86. The average molecular weight is 102 g/mol. The standard InChI is InChI=1S/C5H11NO/c7-2-1-5-3-6-4-5/h5-7H,1-4H2/p+1. The van der Waals surface area contributed by atoms with Crippen molar-refractivity contribution in [1.29, 1.82) is 0 Å². The molecule has 1 fully saturated rings. The number of nitrogens with two attached hydrogens (primary N) is 1. The molecule has 0 spiro atoms. The predicted molar refractivity (Wildman–Crippen MR) is 26.9 cm³/mol. The van der Waals surface area contributed by atoms with Crippen LogP contribution < -0.4 is 5.32 Å². The Morgan fingerprint density at radius 3 is 2.43 bits per heavy atom. The molecule has 2 nitrogen and oxygen atoms in total. The number of quaternary nitrogens is 1. The SMILES string of the molecule is OCCC1C[NH2+]C1. The molecule has 1 heterocycles. The van der Waals surface area contributed by atoms with E-state index >= 15 is 0 Å². The van der Waals surface area contributed by atoms with Gasteiger partial charge in [0.1, 0.15) is 0 Å². The van der Waals surface area contributed by atoms with Gasteiger partial charge >= 0.3 is 0 Å². The fourth-order valence-electron chi connectivity index (χ4n) is 0.821. The maximum Gasteiger partial charge on any atom is 0.0839 e. The van der Waals surface area contributed by atoms with Crippen molar-refractivity contribution in [2.45, 2.75) is 6.42 Å². The van der Waals surface area contributed by atoms with Gasteiger partial charge in [0.25, 0.3) is 0 Å². The van der Waals surface area contributed by atoms with Gasteiger partial charge < -0.3 is 10.4 Å². The van der Waals surface area contributed by atoms with Gasteiger partial charge in [0, 0.05) is 6.61 Å². The molecule has 0 aromatic rings. The van der Waals surface area contributed by atoms with Crippen molar-refractivity contribution >= 4 is 0 Å². The van der Waals surface area contributed by atoms with E-state index in [1.165, 1.54) is 13.1 Å². The summed E-state index contributed by atoms with van der Waals surface area (Å²) in [4.78, 5) is 0. The summed E-state index contributed by atoms with van der Waals surface area (Å²) in [6.07, 6.45) is 1.01. The van der Waals surface area contributed by atoms with Gasteiger partial charge in [-0.25, -0.2) is 0 Å². The first-order chi connectivity index (χ1) is 3.43. The minimum Gasteiger partial charge on any atom is -0.396 e. The van der Waals surface area contributed by atoms with Crippen molar-refractivity contribution in [3.8, 4) is 0 Å². The van der Waals surface area contributed by atoms with E-state index in [-0.39, 0.29) is 0 Å². The number of aliphatic hydroxyl groups excluding tert-OH is 1. The molecule has 0 aliphatic carbocycles. The van der Waals surface area contributed by atoms with E-state index in [4.69, 9.17) is 5.11 Å². The molecule has 42 valence electrons. The third kappa shape index (κ3) is 1.14. The summed E-state index contributed by atoms with van der Waals surface area (Å²) in [5, 5.41) is 10.7. The summed E-state index contributed by atoms with van der Waals surface area (Å²) in [7, 11) is 0. The van der Waals surface area contributed by atoms with Crippen molar-refractivity contribution in [3.05, 3.63) is 0 Å². The Morgan fingerprint density at radius 2 is 2.29 bits per heavy atom. The van der Waals surface area contributed by atoms with Crippen LogP contribution in [0.2, 0.25) is 0 Å². The highest BCUT2D eigenvalue weighted by Gasteiger charge is 2.19. The van der Waals surface area contributed by atoms with Crippen LogP contribution in [0.4, 0.5) is 0 Å². The van der Waals surface area contributed by atoms with Gasteiger partial charge in [-0.1, -0.05) is 0 Å². The van der Waals surface area contributed by atoms with Crippen LogP contribution in [0.1, 0.15) is 6.42 Å². The summed E-state index contributed by atoms with van der Waals surface area (Å²) in [5.41, 5.74) is 0. The Balaban J connectivity index is 1.93. The molecule has 1 rings (SSSR count). The topological polar surface area (TPSA) is 36.8 Å². The molecule has 0 aromatic heterocycles. The quantitative estimate of drug-likeness (QED) is 0.440. The van der Waals surface area contributed by atoms with Gasteiger partial charge in [-0.3, -0.25) is 0 Å². The van der Waals surface area contributed by atoms with E-state index in [0.29, 0.717) is 6.61 Å². The van der Waals surface area contributed by atoms with Crippen molar-refractivity contribution in [3.63, 3.8) is 0 Å². The zero-order valence-corrected chi connectivity index (χ0v) is 4.43. The summed E-state index contributed by atoms with van der Waals surface area (Å²) >= 11 is 0. The normalized spacial score (nSPS) is 21.9. The lowest BCUT2D eigenvalue weighted by Crippen LogP contribution is -2.96. The highest BCUT2D eigenvalue weighted by atomic mass is 16.3. The van der Waals surface area contributed by atoms with Gasteiger partial charge in [0.05, 0.1) is 19.0 Å². The summed E-state index contributed by atoms with van der Waals surface area (Å²) in [6.45, 7) is 2.85. The molecule has 1 aliphatic heterocycles. The van der Waals surface area contributed by atoms with Crippen LogP contribution in [-0.4, -0.2) is 24.8 Å². The molecule has 0 atom stereocenters. The highest BCUT2D eigenvalue weighted by Crippen LogP contribution is 1.99. The van der Waals surface area contributed by atoms with E-state index in [9.17, 15) is 0 Å². The molecule has 2 heteroatoms. The molecular weight excluding hydrogens is 90.1 g/mol. The van der Waals surface area contributed by atoms with E-state index in [1.807, 2.05) is 0 Å². The lowest BCUT2D eigenvalue weighted by molar-refractivity contribution is -0.723. The lowest BCUT2D eigenvalue weighted by Gasteiger charge is -2.21. The fourth-order valence-corrected chi connectivity index (χ4v) is 0.821. The molecular formula is C5H12NO+. The molecule has 0 saturated carbocycles. The molecule has 7 heavy (non-hydrogen) atoms. The lowest BCUT2D eigenvalue weighted by atomic mass is 10.0. The smallest absolute Gasteiger partial charge is 0.0839 e. The molecule has 1 saturated heterocycles. The van der Waals surface area contributed by atoms with Gasteiger partial charge in [-0.05, 0) is 6.42 Å². The van der Waals surface area contributed by atoms with Gasteiger partial charge in [0.15, 0.2) is 0 Å². The molecule has 0 bridgehead atoms. The van der Waals surface area contributed by atoms with Gasteiger partial charge in [-0.15, -0.1) is 0 Å². The number of hydrogen-bond acceptors (Lipinski definition) is 1. The fraction of sp³-hybridized carbons (Fsp3) is 1.00. The Kier molecular flexibility index (Phi) is 1.65. The van der Waals surface area contributed by atoms with Crippen LogP contribution in [0.3, 0.4) is 0 Å².